The van der Waals surface area contributed by atoms with E-state index in [1.807, 2.05) is 30.1 Å². The number of alkyl halides is 1. The minimum Gasteiger partial charge on any atom is -0.408 e. The van der Waals surface area contributed by atoms with Crippen molar-refractivity contribution in [2.75, 3.05) is 17.4 Å². The van der Waals surface area contributed by atoms with Gasteiger partial charge in [0.1, 0.15) is 0 Å². The van der Waals surface area contributed by atoms with E-state index in [1.165, 1.54) is 4.57 Å². The highest BCUT2D eigenvalue weighted by Gasteiger charge is 2.07. The Morgan fingerprint density at radius 2 is 2.27 bits per heavy atom. The maximum atomic E-state index is 11.3. The van der Waals surface area contributed by atoms with Gasteiger partial charge in [0.2, 0.25) is 0 Å². The van der Waals surface area contributed by atoms with E-state index in [-0.39, 0.29) is 5.76 Å². The molecular formula is C10H11BrN2O2. The molecule has 0 radical (unpaired) electrons. The van der Waals surface area contributed by atoms with Crippen molar-refractivity contribution < 1.29 is 4.42 Å². The van der Waals surface area contributed by atoms with Gasteiger partial charge in [0, 0.05) is 19.8 Å². The number of oxazole rings is 1. The van der Waals surface area contributed by atoms with Gasteiger partial charge in [-0.3, -0.25) is 4.57 Å². The number of halogens is 1. The third-order valence-corrected chi connectivity index (χ3v) is 3.15. The van der Waals surface area contributed by atoms with E-state index in [2.05, 4.69) is 15.9 Å². The first kappa shape index (κ1) is 10.3. The third kappa shape index (κ3) is 1.67. The van der Waals surface area contributed by atoms with E-state index in [0.29, 0.717) is 5.58 Å². The summed E-state index contributed by atoms with van der Waals surface area (Å²) in [6, 6.07) is 5.67. The van der Waals surface area contributed by atoms with E-state index < -0.39 is 0 Å². The molecule has 0 saturated heterocycles. The summed E-state index contributed by atoms with van der Waals surface area (Å²) in [4.78, 5) is 13.3. The van der Waals surface area contributed by atoms with Crippen LogP contribution < -0.4 is 10.7 Å². The average molecular weight is 271 g/mol. The summed E-state index contributed by atoms with van der Waals surface area (Å²) in [6.07, 6.45) is 0. The van der Waals surface area contributed by atoms with Gasteiger partial charge in [-0.25, -0.2) is 4.79 Å². The van der Waals surface area contributed by atoms with Crippen LogP contribution in [0.15, 0.2) is 27.4 Å². The smallest absolute Gasteiger partial charge is 0.408 e. The lowest BCUT2D eigenvalue weighted by Crippen LogP contribution is -2.14. The van der Waals surface area contributed by atoms with Crippen LogP contribution in [-0.4, -0.2) is 17.1 Å². The fourth-order valence-electron chi connectivity index (χ4n) is 1.42. The second-order valence-corrected chi connectivity index (χ2v) is 3.90. The SMILES string of the molecule is CN(CBr)c1ccc2oc(=O)n(C)c2c1. The molecule has 0 aliphatic heterocycles. The molecule has 0 amide bonds. The van der Waals surface area contributed by atoms with Gasteiger partial charge >= 0.3 is 5.76 Å². The lowest BCUT2D eigenvalue weighted by Gasteiger charge is -2.15. The maximum absolute atomic E-state index is 11.3. The second-order valence-electron chi connectivity index (χ2n) is 3.40. The van der Waals surface area contributed by atoms with Crippen molar-refractivity contribution in [3.8, 4) is 0 Å². The van der Waals surface area contributed by atoms with Crippen molar-refractivity contribution in [2.45, 2.75) is 0 Å². The Kier molecular flexibility index (Phi) is 2.56. The predicted octanol–water partition coefficient (Wildman–Crippen LogP) is 1.92. The highest BCUT2D eigenvalue weighted by atomic mass is 79.9. The molecule has 2 aromatic rings. The number of aromatic nitrogens is 1. The van der Waals surface area contributed by atoms with Crippen LogP contribution >= 0.6 is 15.9 Å². The Morgan fingerprint density at radius 3 is 2.93 bits per heavy atom. The molecule has 0 unspecified atom stereocenters. The topological polar surface area (TPSA) is 38.4 Å². The van der Waals surface area contributed by atoms with Crippen molar-refractivity contribution in [2.24, 2.45) is 7.05 Å². The molecule has 1 aromatic heterocycles. The molecule has 0 fully saturated rings. The molecule has 0 aliphatic rings. The quantitative estimate of drug-likeness (QED) is 0.618. The van der Waals surface area contributed by atoms with Crippen LogP contribution in [0.3, 0.4) is 0 Å². The lowest BCUT2D eigenvalue weighted by atomic mass is 10.2. The first-order valence-corrected chi connectivity index (χ1v) is 5.62. The van der Waals surface area contributed by atoms with Crippen molar-refractivity contribution in [3.05, 3.63) is 28.7 Å². The maximum Gasteiger partial charge on any atom is 0.419 e. The average Bonchev–Trinajstić information content (AvgIpc) is 2.54. The molecule has 0 spiro atoms. The van der Waals surface area contributed by atoms with Gasteiger partial charge in [-0.1, -0.05) is 15.9 Å². The van der Waals surface area contributed by atoms with Crippen LogP contribution in [0.1, 0.15) is 0 Å². The zero-order chi connectivity index (χ0) is 11.0. The number of nitrogens with zero attached hydrogens (tertiary/aromatic N) is 2. The number of benzene rings is 1. The molecule has 1 heterocycles. The highest BCUT2D eigenvalue weighted by Crippen LogP contribution is 2.20. The van der Waals surface area contributed by atoms with Crippen LogP contribution in [0.5, 0.6) is 0 Å². The van der Waals surface area contributed by atoms with Crippen LogP contribution in [0, 0.1) is 0 Å². The van der Waals surface area contributed by atoms with E-state index >= 15 is 0 Å². The lowest BCUT2D eigenvalue weighted by molar-refractivity contribution is 0.528. The molecule has 0 N–H and O–H groups in total. The molecule has 2 rings (SSSR count). The molecule has 4 nitrogen and oxygen atoms in total. The van der Waals surface area contributed by atoms with Crippen molar-refractivity contribution in [1.29, 1.82) is 0 Å². The van der Waals surface area contributed by atoms with Crippen LogP contribution in [0.4, 0.5) is 5.69 Å². The molecule has 0 atom stereocenters. The van der Waals surface area contributed by atoms with Gasteiger partial charge in [-0.15, -0.1) is 0 Å². The van der Waals surface area contributed by atoms with Crippen molar-refractivity contribution >= 4 is 32.7 Å². The number of hydrogen-bond donors (Lipinski definition) is 0. The Balaban J connectivity index is 2.64. The van der Waals surface area contributed by atoms with Gasteiger partial charge in [-0.2, -0.15) is 0 Å². The van der Waals surface area contributed by atoms with Gasteiger partial charge < -0.3 is 9.32 Å². The summed E-state index contributed by atoms with van der Waals surface area (Å²) in [5, 5.41) is 0. The molecule has 0 aliphatic carbocycles. The minimum absolute atomic E-state index is 0.330. The minimum atomic E-state index is -0.330. The van der Waals surface area contributed by atoms with E-state index in [1.54, 1.807) is 7.05 Å². The molecule has 0 saturated carbocycles. The van der Waals surface area contributed by atoms with Crippen LogP contribution in [0.2, 0.25) is 0 Å². The number of fused-ring (bicyclic) bond motifs is 1. The third-order valence-electron chi connectivity index (χ3n) is 2.40. The van der Waals surface area contributed by atoms with Crippen molar-refractivity contribution in [1.82, 2.24) is 4.57 Å². The van der Waals surface area contributed by atoms with E-state index in [0.717, 1.165) is 16.7 Å². The zero-order valence-corrected chi connectivity index (χ0v) is 10.1. The number of rotatable bonds is 2. The summed E-state index contributed by atoms with van der Waals surface area (Å²) in [5.41, 5.74) is 3.21. The predicted molar refractivity (Wildman–Crippen MR) is 63.7 cm³/mol. The molecule has 0 bridgehead atoms. The number of aryl methyl sites for hydroxylation is 1. The molecule has 15 heavy (non-hydrogen) atoms. The number of hydrogen-bond acceptors (Lipinski definition) is 3. The zero-order valence-electron chi connectivity index (χ0n) is 8.53. The molecule has 80 valence electrons. The second kappa shape index (κ2) is 3.73. The monoisotopic (exact) mass is 270 g/mol. The molecule has 5 heteroatoms. The summed E-state index contributed by atoms with van der Waals surface area (Å²) in [6.45, 7) is 0. The summed E-state index contributed by atoms with van der Waals surface area (Å²) in [7, 11) is 3.67. The van der Waals surface area contributed by atoms with Gasteiger partial charge in [0.15, 0.2) is 5.58 Å². The number of anilines is 1. The fraction of sp³-hybridized carbons (Fsp3) is 0.300. The first-order valence-electron chi connectivity index (χ1n) is 4.50. The Hall–Kier alpha value is -1.23. The summed E-state index contributed by atoms with van der Waals surface area (Å²) >= 11 is 3.37. The van der Waals surface area contributed by atoms with Gasteiger partial charge in [0.05, 0.1) is 11.0 Å². The van der Waals surface area contributed by atoms with E-state index in [4.69, 9.17) is 4.42 Å². The normalized spacial score (nSPS) is 10.9. The Morgan fingerprint density at radius 1 is 1.53 bits per heavy atom. The van der Waals surface area contributed by atoms with Crippen LogP contribution in [-0.2, 0) is 7.05 Å². The van der Waals surface area contributed by atoms with Gasteiger partial charge in [-0.05, 0) is 18.2 Å². The van der Waals surface area contributed by atoms with Crippen LogP contribution in [0.25, 0.3) is 11.1 Å². The Labute approximate surface area is 95.2 Å². The van der Waals surface area contributed by atoms with E-state index in [9.17, 15) is 4.79 Å². The van der Waals surface area contributed by atoms with Gasteiger partial charge in [0.25, 0.3) is 0 Å². The first-order chi connectivity index (χ1) is 7.13. The molecular weight excluding hydrogens is 260 g/mol. The summed E-state index contributed by atoms with van der Waals surface area (Å²) < 4.78 is 6.55. The fourth-order valence-corrected chi connectivity index (χ4v) is 1.71. The largest absolute Gasteiger partial charge is 0.419 e. The summed E-state index contributed by atoms with van der Waals surface area (Å²) in [5.74, 6) is -0.330. The highest BCUT2D eigenvalue weighted by molar-refractivity contribution is 9.09. The Bertz CT molecular complexity index is 544. The molecule has 1 aromatic carbocycles. The van der Waals surface area contributed by atoms with Crippen molar-refractivity contribution in [3.63, 3.8) is 0 Å². The standard InChI is InChI=1S/C10H11BrN2O2/c1-12(6-11)7-3-4-9-8(5-7)13(2)10(14)15-9/h3-5H,6H2,1-2H3.